The molecule has 1 aromatic heterocycles. The summed E-state index contributed by atoms with van der Waals surface area (Å²) in [7, 11) is 0. The molecule has 3 rings (SSSR count). The van der Waals surface area contributed by atoms with Crippen molar-refractivity contribution in [2.75, 3.05) is 0 Å². The highest BCUT2D eigenvalue weighted by molar-refractivity contribution is 5.38. The number of aromatic amines is 1. The summed E-state index contributed by atoms with van der Waals surface area (Å²) in [5, 5.41) is 10.3. The number of para-hydroxylation sites is 1. The normalized spacial score (nSPS) is 10.6. The van der Waals surface area contributed by atoms with E-state index in [0.717, 1.165) is 5.56 Å². The van der Waals surface area contributed by atoms with E-state index in [1.807, 2.05) is 48.5 Å². The highest BCUT2D eigenvalue weighted by Gasteiger charge is 2.14. The molecule has 20 heavy (non-hydrogen) atoms. The topological polar surface area (TPSA) is 58.0 Å². The number of H-pyrrole nitrogens is 1. The SMILES string of the molecule is O=c1[nH]c(Cc2ccccc2)c(O)n1-c1ccccc1. The number of hydrogen-bond donors (Lipinski definition) is 2. The molecule has 4 heteroatoms. The summed E-state index contributed by atoms with van der Waals surface area (Å²) in [5.41, 5.74) is 1.86. The van der Waals surface area contributed by atoms with E-state index >= 15 is 0 Å². The van der Waals surface area contributed by atoms with Gasteiger partial charge in [0, 0.05) is 6.42 Å². The Balaban J connectivity index is 2.02. The first kappa shape index (κ1) is 12.3. The second kappa shape index (κ2) is 5.09. The molecule has 0 aliphatic carbocycles. The molecule has 2 aromatic carbocycles. The van der Waals surface area contributed by atoms with E-state index in [1.54, 1.807) is 12.1 Å². The molecule has 0 amide bonds. The van der Waals surface area contributed by atoms with Gasteiger partial charge < -0.3 is 10.1 Å². The Hall–Kier alpha value is -2.75. The predicted molar refractivity (Wildman–Crippen MR) is 77.3 cm³/mol. The van der Waals surface area contributed by atoms with E-state index in [-0.39, 0.29) is 11.6 Å². The summed E-state index contributed by atoms with van der Waals surface area (Å²) in [5.74, 6) is -0.0370. The van der Waals surface area contributed by atoms with Crippen LogP contribution in [0.5, 0.6) is 5.88 Å². The maximum Gasteiger partial charge on any atom is 0.333 e. The molecule has 2 N–H and O–H groups in total. The molecular formula is C16H14N2O2. The van der Waals surface area contributed by atoms with Gasteiger partial charge in [0.15, 0.2) is 0 Å². The minimum Gasteiger partial charge on any atom is -0.493 e. The lowest BCUT2D eigenvalue weighted by atomic mass is 10.1. The highest BCUT2D eigenvalue weighted by atomic mass is 16.3. The Morgan fingerprint density at radius 1 is 0.950 bits per heavy atom. The van der Waals surface area contributed by atoms with E-state index in [9.17, 15) is 9.90 Å². The third-order valence-corrected chi connectivity index (χ3v) is 3.18. The number of aromatic nitrogens is 2. The average molecular weight is 266 g/mol. The Morgan fingerprint density at radius 3 is 2.20 bits per heavy atom. The second-order valence-corrected chi connectivity index (χ2v) is 4.57. The van der Waals surface area contributed by atoms with Gasteiger partial charge >= 0.3 is 5.69 Å². The fraction of sp³-hybridized carbons (Fsp3) is 0.0625. The quantitative estimate of drug-likeness (QED) is 0.765. The van der Waals surface area contributed by atoms with Crippen molar-refractivity contribution in [1.82, 2.24) is 9.55 Å². The van der Waals surface area contributed by atoms with Crippen LogP contribution in [-0.2, 0) is 6.42 Å². The van der Waals surface area contributed by atoms with Crippen molar-refractivity contribution in [2.45, 2.75) is 6.42 Å². The number of nitrogens with zero attached hydrogens (tertiary/aromatic N) is 1. The van der Waals surface area contributed by atoms with Gasteiger partial charge in [-0.1, -0.05) is 48.5 Å². The summed E-state index contributed by atoms with van der Waals surface area (Å²) in [6.45, 7) is 0. The monoisotopic (exact) mass is 266 g/mol. The van der Waals surface area contributed by atoms with Crippen molar-refractivity contribution < 1.29 is 5.11 Å². The lowest BCUT2D eigenvalue weighted by Gasteiger charge is -2.03. The molecule has 0 aliphatic rings. The van der Waals surface area contributed by atoms with Gasteiger partial charge in [0.1, 0.15) is 0 Å². The largest absolute Gasteiger partial charge is 0.493 e. The van der Waals surface area contributed by atoms with Crippen LogP contribution in [0, 0.1) is 0 Å². The Morgan fingerprint density at radius 2 is 1.55 bits per heavy atom. The smallest absolute Gasteiger partial charge is 0.333 e. The van der Waals surface area contributed by atoms with Crippen LogP contribution in [0.15, 0.2) is 65.5 Å². The molecule has 0 unspecified atom stereocenters. The van der Waals surface area contributed by atoms with Crippen LogP contribution < -0.4 is 5.69 Å². The summed E-state index contributed by atoms with van der Waals surface area (Å²) < 4.78 is 1.28. The van der Waals surface area contributed by atoms with Crippen LogP contribution in [0.25, 0.3) is 5.69 Å². The van der Waals surface area contributed by atoms with Gasteiger partial charge in [-0.2, -0.15) is 0 Å². The molecule has 0 atom stereocenters. The van der Waals surface area contributed by atoms with Gasteiger partial charge in [0.2, 0.25) is 5.88 Å². The zero-order chi connectivity index (χ0) is 13.9. The highest BCUT2D eigenvalue weighted by Crippen LogP contribution is 2.20. The molecule has 0 fully saturated rings. The molecule has 0 saturated carbocycles. The zero-order valence-corrected chi connectivity index (χ0v) is 10.8. The fourth-order valence-electron chi connectivity index (χ4n) is 2.21. The van der Waals surface area contributed by atoms with Crippen molar-refractivity contribution in [2.24, 2.45) is 0 Å². The van der Waals surface area contributed by atoms with Crippen molar-refractivity contribution in [1.29, 1.82) is 0 Å². The Bertz CT molecular complexity index is 758. The third kappa shape index (κ3) is 2.23. The third-order valence-electron chi connectivity index (χ3n) is 3.18. The molecule has 100 valence electrons. The average Bonchev–Trinajstić information content (AvgIpc) is 2.75. The fourth-order valence-corrected chi connectivity index (χ4v) is 2.21. The Labute approximate surface area is 116 Å². The molecule has 3 aromatic rings. The predicted octanol–water partition coefficient (Wildman–Crippen LogP) is 2.46. The van der Waals surface area contributed by atoms with Gasteiger partial charge in [-0.25, -0.2) is 9.36 Å². The number of imidazole rings is 1. The maximum absolute atomic E-state index is 12.0. The first-order valence-corrected chi connectivity index (χ1v) is 6.38. The van der Waals surface area contributed by atoms with E-state index in [2.05, 4.69) is 4.98 Å². The Kier molecular flexibility index (Phi) is 3.13. The summed E-state index contributed by atoms with van der Waals surface area (Å²) >= 11 is 0. The second-order valence-electron chi connectivity index (χ2n) is 4.57. The van der Waals surface area contributed by atoms with Crippen molar-refractivity contribution in [3.05, 3.63) is 82.4 Å². The molecule has 4 nitrogen and oxygen atoms in total. The standard InChI is InChI=1S/C16H14N2O2/c19-15-14(11-12-7-3-1-4-8-12)17-16(20)18(15)13-9-5-2-6-10-13/h1-10,19H,11H2,(H,17,20). The lowest BCUT2D eigenvalue weighted by molar-refractivity contribution is 0.435. The number of nitrogens with one attached hydrogen (secondary N) is 1. The van der Waals surface area contributed by atoms with Gasteiger partial charge in [-0.15, -0.1) is 0 Å². The van der Waals surface area contributed by atoms with Crippen LogP contribution >= 0.6 is 0 Å². The van der Waals surface area contributed by atoms with Crippen LogP contribution in [-0.4, -0.2) is 14.7 Å². The van der Waals surface area contributed by atoms with E-state index in [1.165, 1.54) is 4.57 Å². The van der Waals surface area contributed by atoms with Gasteiger partial charge in [0.25, 0.3) is 0 Å². The molecule has 1 heterocycles. The number of hydrogen-bond acceptors (Lipinski definition) is 2. The van der Waals surface area contributed by atoms with Gasteiger partial charge in [-0.05, 0) is 17.7 Å². The minimum atomic E-state index is -0.334. The van der Waals surface area contributed by atoms with Gasteiger partial charge in [-0.3, -0.25) is 0 Å². The van der Waals surface area contributed by atoms with Crippen LogP contribution in [0.4, 0.5) is 0 Å². The minimum absolute atomic E-state index is 0.0370. The van der Waals surface area contributed by atoms with Crippen molar-refractivity contribution >= 4 is 0 Å². The molecule has 0 aliphatic heterocycles. The summed E-state index contributed by atoms with van der Waals surface area (Å²) in [6, 6.07) is 18.8. The van der Waals surface area contributed by atoms with Crippen molar-refractivity contribution in [3.8, 4) is 11.6 Å². The van der Waals surface area contributed by atoms with Crippen LogP contribution in [0.1, 0.15) is 11.3 Å². The van der Waals surface area contributed by atoms with E-state index in [4.69, 9.17) is 0 Å². The number of benzene rings is 2. The lowest BCUT2D eigenvalue weighted by Crippen LogP contribution is -2.14. The van der Waals surface area contributed by atoms with Gasteiger partial charge in [0.05, 0.1) is 11.4 Å². The summed E-state index contributed by atoms with van der Waals surface area (Å²) in [6.07, 6.45) is 0.488. The first-order chi connectivity index (χ1) is 9.75. The van der Waals surface area contributed by atoms with Crippen LogP contribution in [0.2, 0.25) is 0 Å². The number of rotatable bonds is 3. The molecule has 0 radical (unpaired) electrons. The summed E-state index contributed by atoms with van der Waals surface area (Å²) in [4.78, 5) is 14.7. The van der Waals surface area contributed by atoms with E-state index < -0.39 is 0 Å². The molecule has 0 bridgehead atoms. The first-order valence-electron chi connectivity index (χ1n) is 6.38. The zero-order valence-electron chi connectivity index (χ0n) is 10.8. The molecule has 0 spiro atoms. The van der Waals surface area contributed by atoms with Crippen molar-refractivity contribution in [3.63, 3.8) is 0 Å². The maximum atomic E-state index is 12.0. The van der Waals surface area contributed by atoms with E-state index in [0.29, 0.717) is 17.8 Å². The molecular weight excluding hydrogens is 252 g/mol. The molecule has 0 saturated heterocycles. The van der Waals surface area contributed by atoms with Crippen LogP contribution in [0.3, 0.4) is 0 Å². The number of aromatic hydroxyl groups is 1.